The van der Waals surface area contributed by atoms with Crippen LogP contribution in [0.25, 0.3) is 11.0 Å². The number of pyridine rings is 1. The molecule has 1 atom stereocenters. The lowest BCUT2D eigenvalue weighted by Gasteiger charge is -2.18. The minimum Gasteiger partial charge on any atom is -0.385 e. The van der Waals surface area contributed by atoms with E-state index >= 15 is 0 Å². The van der Waals surface area contributed by atoms with E-state index in [1.165, 1.54) is 0 Å². The van der Waals surface area contributed by atoms with Crippen LogP contribution in [-0.2, 0) is 9.47 Å². The Morgan fingerprint density at radius 1 is 1.32 bits per heavy atom. The molecule has 0 aliphatic rings. The van der Waals surface area contributed by atoms with Gasteiger partial charge in [0.1, 0.15) is 5.52 Å². The molecule has 1 N–H and O–H groups in total. The Labute approximate surface area is 116 Å². The van der Waals surface area contributed by atoms with Crippen molar-refractivity contribution in [1.29, 1.82) is 0 Å². The molecular formula is C12H17ClN4O2. The molecule has 7 heteroatoms. The highest BCUT2D eigenvalue weighted by atomic mass is 35.5. The number of aromatic nitrogens is 4. The second kappa shape index (κ2) is 6.27. The SMILES string of the molecule is COCC[C@H](COC)c1c(C)nc(Cl)c2nn[nH]c12. The van der Waals surface area contributed by atoms with E-state index in [0.29, 0.717) is 23.9 Å². The molecule has 0 fully saturated rings. The van der Waals surface area contributed by atoms with E-state index in [1.807, 2.05) is 6.92 Å². The van der Waals surface area contributed by atoms with Crippen LogP contribution in [0.3, 0.4) is 0 Å². The molecule has 0 saturated heterocycles. The van der Waals surface area contributed by atoms with E-state index < -0.39 is 0 Å². The largest absolute Gasteiger partial charge is 0.385 e. The lowest BCUT2D eigenvalue weighted by atomic mass is 9.94. The maximum atomic E-state index is 6.07. The molecule has 2 heterocycles. The number of methoxy groups -OCH3 is 2. The molecule has 0 amide bonds. The van der Waals surface area contributed by atoms with Crippen LogP contribution < -0.4 is 0 Å². The zero-order valence-corrected chi connectivity index (χ0v) is 12.0. The highest BCUT2D eigenvalue weighted by Gasteiger charge is 2.21. The number of hydrogen-bond acceptors (Lipinski definition) is 5. The smallest absolute Gasteiger partial charge is 0.159 e. The van der Waals surface area contributed by atoms with Crippen LogP contribution in [0.2, 0.25) is 5.15 Å². The van der Waals surface area contributed by atoms with Crippen LogP contribution in [0, 0.1) is 6.92 Å². The third-order valence-electron chi connectivity index (χ3n) is 3.12. The second-order valence-corrected chi connectivity index (χ2v) is 4.73. The molecule has 0 unspecified atom stereocenters. The van der Waals surface area contributed by atoms with Gasteiger partial charge in [0.25, 0.3) is 0 Å². The minimum absolute atomic E-state index is 0.166. The van der Waals surface area contributed by atoms with Crippen molar-refractivity contribution in [2.75, 3.05) is 27.4 Å². The van der Waals surface area contributed by atoms with Crippen LogP contribution in [0.15, 0.2) is 0 Å². The summed E-state index contributed by atoms with van der Waals surface area (Å²) in [6.45, 7) is 3.16. The summed E-state index contributed by atoms with van der Waals surface area (Å²) >= 11 is 6.07. The van der Waals surface area contributed by atoms with Crippen molar-refractivity contribution >= 4 is 22.6 Å². The summed E-state index contributed by atoms with van der Waals surface area (Å²) in [5, 5.41) is 11.1. The van der Waals surface area contributed by atoms with E-state index in [-0.39, 0.29) is 5.92 Å². The fraction of sp³-hybridized carbons (Fsp3) is 0.583. The number of halogens is 1. The van der Waals surface area contributed by atoms with Crippen molar-refractivity contribution < 1.29 is 9.47 Å². The van der Waals surface area contributed by atoms with E-state index in [1.54, 1.807) is 14.2 Å². The topological polar surface area (TPSA) is 72.9 Å². The first-order valence-electron chi connectivity index (χ1n) is 6.03. The van der Waals surface area contributed by atoms with Crippen molar-refractivity contribution in [3.63, 3.8) is 0 Å². The quantitative estimate of drug-likeness (QED) is 0.822. The molecule has 0 spiro atoms. The first kappa shape index (κ1) is 14.2. The third-order valence-corrected chi connectivity index (χ3v) is 3.38. The standard InChI is InChI=1S/C12H17ClN4O2/c1-7-9(8(6-19-3)4-5-18-2)10-11(12(13)14-7)16-17-15-10/h8H,4-6H2,1-3H3,(H,15,16,17)/t8-/m1/s1. The molecule has 2 aromatic rings. The summed E-state index contributed by atoms with van der Waals surface area (Å²) in [7, 11) is 3.37. The monoisotopic (exact) mass is 284 g/mol. The molecule has 2 aromatic heterocycles. The molecule has 2 rings (SSSR count). The highest BCUT2D eigenvalue weighted by molar-refractivity contribution is 6.33. The second-order valence-electron chi connectivity index (χ2n) is 4.37. The van der Waals surface area contributed by atoms with E-state index in [2.05, 4.69) is 20.4 Å². The third kappa shape index (κ3) is 2.86. The summed E-state index contributed by atoms with van der Waals surface area (Å²) in [4.78, 5) is 4.33. The van der Waals surface area contributed by atoms with Crippen LogP contribution in [0.4, 0.5) is 0 Å². The number of H-pyrrole nitrogens is 1. The average molecular weight is 285 g/mol. The number of nitrogens with zero attached hydrogens (tertiary/aromatic N) is 3. The Bertz CT molecular complexity index is 558. The molecule has 0 aromatic carbocycles. The van der Waals surface area contributed by atoms with Crippen molar-refractivity contribution in [3.05, 3.63) is 16.4 Å². The molecule has 19 heavy (non-hydrogen) atoms. The molecule has 6 nitrogen and oxygen atoms in total. The molecule has 0 aliphatic carbocycles. The predicted octanol–water partition coefficient (Wildman–Crippen LogP) is 2.08. The van der Waals surface area contributed by atoms with E-state index in [9.17, 15) is 0 Å². The molecule has 0 aliphatic heterocycles. The first-order chi connectivity index (χ1) is 9.19. The normalized spacial score (nSPS) is 13.1. The number of aromatic amines is 1. The summed E-state index contributed by atoms with van der Waals surface area (Å²) in [6, 6.07) is 0. The number of fused-ring (bicyclic) bond motifs is 1. The fourth-order valence-electron chi connectivity index (χ4n) is 2.27. The van der Waals surface area contributed by atoms with Gasteiger partial charge in [-0.25, -0.2) is 4.98 Å². The summed E-state index contributed by atoms with van der Waals surface area (Å²) in [6.07, 6.45) is 0.836. The Morgan fingerprint density at radius 3 is 2.79 bits per heavy atom. The molecule has 0 radical (unpaired) electrons. The molecular weight excluding hydrogens is 268 g/mol. The summed E-state index contributed by atoms with van der Waals surface area (Å²) in [5.41, 5.74) is 3.33. The van der Waals surface area contributed by atoms with Crippen LogP contribution >= 0.6 is 11.6 Å². The van der Waals surface area contributed by atoms with Gasteiger partial charge in [0.05, 0.1) is 12.1 Å². The lowest BCUT2D eigenvalue weighted by molar-refractivity contribution is 0.144. The maximum absolute atomic E-state index is 6.07. The van der Waals surface area contributed by atoms with Gasteiger partial charge in [-0.1, -0.05) is 16.8 Å². The zero-order chi connectivity index (χ0) is 13.8. The molecule has 0 saturated carbocycles. The molecule has 104 valence electrons. The number of aryl methyl sites for hydroxylation is 1. The van der Waals surface area contributed by atoms with Gasteiger partial charge in [0.15, 0.2) is 5.15 Å². The minimum atomic E-state index is 0.166. The van der Waals surface area contributed by atoms with E-state index in [4.69, 9.17) is 21.1 Å². The fourth-order valence-corrected chi connectivity index (χ4v) is 2.53. The van der Waals surface area contributed by atoms with Crippen molar-refractivity contribution in [2.45, 2.75) is 19.3 Å². The number of nitrogens with one attached hydrogen (secondary N) is 1. The van der Waals surface area contributed by atoms with Crippen molar-refractivity contribution in [2.24, 2.45) is 0 Å². The maximum Gasteiger partial charge on any atom is 0.159 e. The first-order valence-corrected chi connectivity index (χ1v) is 6.41. The Kier molecular flexibility index (Phi) is 4.68. The summed E-state index contributed by atoms with van der Waals surface area (Å²) in [5.74, 6) is 0.166. The Balaban J connectivity index is 2.48. The van der Waals surface area contributed by atoms with Crippen LogP contribution in [0.5, 0.6) is 0 Å². The lowest BCUT2D eigenvalue weighted by Crippen LogP contribution is -2.12. The number of rotatable bonds is 6. The molecule has 0 bridgehead atoms. The van der Waals surface area contributed by atoms with Gasteiger partial charge in [-0.15, -0.1) is 5.10 Å². The predicted molar refractivity (Wildman–Crippen MR) is 72.5 cm³/mol. The van der Waals surface area contributed by atoms with Gasteiger partial charge in [-0.2, -0.15) is 0 Å². The van der Waals surface area contributed by atoms with Gasteiger partial charge in [-0.3, -0.25) is 5.10 Å². The van der Waals surface area contributed by atoms with Crippen molar-refractivity contribution in [1.82, 2.24) is 20.4 Å². The summed E-state index contributed by atoms with van der Waals surface area (Å²) < 4.78 is 10.4. The van der Waals surface area contributed by atoms with Crippen molar-refractivity contribution in [3.8, 4) is 0 Å². The Hall–Kier alpha value is -1.24. The number of ether oxygens (including phenoxy) is 2. The van der Waals surface area contributed by atoms with Gasteiger partial charge in [0.2, 0.25) is 0 Å². The zero-order valence-electron chi connectivity index (χ0n) is 11.2. The van der Waals surface area contributed by atoms with Gasteiger partial charge >= 0.3 is 0 Å². The highest BCUT2D eigenvalue weighted by Crippen LogP contribution is 2.31. The van der Waals surface area contributed by atoms with Crippen LogP contribution in [0.1, 0.15) is 23.6 Å². The van der Waals surface area contributed by atoms with Gasteiger partial charge in [0, 0.05) is 38.0 Å². The van der Waals surface area contributed by atoms with Gasteiger partial charge < -0.3 is 9.47 Å². The van der Waals surface area contributed by atoms with Gasteiger partial charge in [-0.05, 0) is 13.3 Å². The Morgan fingerprint density at radius 2 is 2.11 bits per heavy atom. The average Bonchev–Trinajstić information content (AvgIpc) is 2.85. The number of hydrogen-bond donors (Lipinski definition) is 1. The van der Waals surface area contributed by atoms with E-state index in [0.717, 1.165) is 23.2 Å². The van der Waals surface area contributed by atoms with Crippen LogP contribution in [-0.4, -0.2) is 47.8 Å².